The molecule has 3 amide bonds. The van der Waals surface area contributed by atoms with Crippen LogP contribution in [0, 0.1) is 0 Å². The molecule has 0 aromatic carbocycles. The molecule has 0 unspecified atom stereocenters. The number of hydrogen-bond acceptors (Lipinski definition) is 5. The minimum absolute atomic E-state index is 0.0325. The Bertz CT molecular complexity index is 410. The summed E-state index contributed by atoms with van der Waals surface area (Å²) in [5.41, 5.74) is 0. The highest BCUT2D eigenvalue weighted by Crippen LogP contribution is 1.96. The van der Waals surface area contributed by atoms with Crippen molar-refractivity contribution in [3.63, 3.8) is 0 Å². The van der Waals surface area contributed by atoms with E-state index in [2.05, 4.69) is 10.6 Å². The van der Waals surface area contributed by atoms with Crippen molar-refractivity contribution in [1.82, 2.24) is 25.3 Å². The molecule has 1 heterocycles. The van der Waals surface area contributed by atoms with Crippen LogP contribution in [-0.2, 0) is 14.4 Å². The first-order valence-electron chi connectivity index (χ1n) is 8.11. The van der Waals surface area contributed by atoms with Gasteiger partial charge in [0.05, 0.1) is 19.6 Å². The van der Waals surface area contributed by atoms with E-state index in [4.69, 9.17) is 0 Å². The van der Waals surface area contributed by atoms with Crippen LogP contribution >= 0.6 is 0 Å². The molecule has 8 heteroatoms. The highest BCUT2D eigenvalue weighted by atomic mass is 16.2. The topological polar surface area (TPSA) is 85.0 Å². The maximum Gasteiger partial charge on any atom is 0.239 e. The summed E-state index contributed by atoms with van der Waals surface area (Å²) in [4.78, 5) is 40.7. The third kappa shape index (κ3) is 7.43. The van der Waals surface area contributed by atoms with E-state index in [1.54, 1.807) is 23.9 Å². The van der Waals surface area contributed by atoms with Crippen LogP contribution < -0.4 is 10.6 Å². The van der Waals surface area contributed by atoms with Gasteiger partial charge in [-0.05, 0) is 13.5 Å². The van der Waals surface area contributed by atoms with Crippen LogP contribution in [0.15, 0.2) is 0 Å². The van der Waals surface area contributed by atoms with Gasteiger partial charge in [0, 0.05) is 39.8 Å². The Morgan fingerprint density at radius 1 is 1.09 bits per heavy atom. The summed E-state index contributed by atoms with van der Waals surface area (Å²) in [6.45, 7) is 5.99. The van der Waals surface area contributed by atoms with Crippen LogP contribution in [0.3, 0.4) is 0 Å². The summed E-state index contributed by atoms with van der Waals surface area (Å²) in [5.74, 6) is -0.306. The molecule has 1 aliphatic rings. The molecule has 0 saturated carbocycles. The Morgan fingerprint density at radius 3 is 2.35 bits per heavy atom. The van der Waals surface area contributed by atoms with Gasteiger partial charge in [0.25, 0.3) is 0 Å². The predicted octanol–water partition coefficient (Wildman–Crippen LogP) is -1.67. The monoisotopic (exact) mass is 327 g/mol. The van der Waals surface area contributed by atoms with Crippen molar-refractivity contribution in [1.29, 1.82) is 0 Å². The Morgan fingerprint density at radius 2 is 1.74 bits per heavy atom. The number of likely N-dealkylation sites (N-methyl/N-ethyl adjacent to an activating group) is 2. The fourth-order valence-corrected chi connectivity index (χ4v) is 2.28. The SMILES string of the molecule is CCCNC(=O)CN(C)C(=O)CN(C)CC(=O)N1CCNCC1. The number of piperazine rings is 1. The second-order valence-corrected chi connectivity index (χ2v) is 5.90. The quantitative estimate of drug-likeness (QED) is 0.557. The number of nitrogens with one attached hydrogen (secondary N) is 2. The van der Waals surface area contributed by atoms with Gasteiger partial charge >= 0.3 is 0 Å². The molecule has 0 atom stereocenters. The molecule has 0 spiro atoms. The van der Waals surface area contributed by atoms with Gasteiger partial charge in [-0.1, -0.05) is 6.92 Å². The molecule has 0 aliphatic carbocycles. The van der Waals surface area contributed by atoms with Crippen molar-refractivity contribution in [3.8, 4) is 0 Å². The van der Waals surface area contributed by atoms with Crippen LogP contribution in [0.4, 0.5) is 0 Å². The summed E-state index contributed by atoms with van der Waals surface area (Å²) in [6, 6.07) is 0. The molecule has 1 saturated heterocycles. The lowest BCUT2D eigenvalue weighted by atomic mass is 10.3. The van der Waals surface area contributed by atoms with E-state index in [9.17, 15) is 14.4 Å². The molecule has 2 N–H and O–H groups in total. The summed E-state index contributed by atoms with van der Waals surface area (Å²) < 4.78 is 0. The van der Waals surface area contributed by atoms with Gasteiger partial charge in [-0.2, -0.15) is 0 Å². The zero-order chi connectivity index (χ0) is 17.2. The average Bonchev–Trinajstić information content (AvgIpc) is 2.53. The summed E-state index contributed by atoms with van der Waals surface area (Å²) in [7, 11) is 3.34. The van der Waals surface area contributed by atoms with Crippen molar-refractivity contribution in [2.45, 2.75) is 13.3 Å². The lowest BCUT2D eigenvalue weighted by Gasteiger charge is -2.29. The average molecular weight is 327 g/mol. The first-order chi connectivity index (χ1) is 10.9. The molecule has 23 heavy (non-hydrogen) atoms. The standard InChI is InChI=1S/C15H29N5O3/c1-4-5-17-13(21)10-19(3)14(22)11-18(2)12-15(23)20-8-6-16-7-9-20/h16H,4-12H2,1-3H3,(H,17,21). The minimum Gasteiger partial charge on any atom is -0.355 e. The molecule has 0 aromatic heterocycles. The Kier molecular flexibility index (Phi) is 8.57. The van der Waals surface area contributed by atoms with Gasteiger partial charge in [0.2, 0.25) is 17.7 Å². The molecular formula is C15H29N5O3. The Hall–Kier alpha value is -1.67. The van der Waals surface area contributed by atoms with Crippen molar-refractivity contribution < 1.29 is 14.4 Å². The lowest BCUT2D eigenvalue weighted by molar-refractivity contribution is -0.137. The highest BCUT2D eigenvalue weighted by Gasteiger charge is 2.20. The number of carbonyl (C=O) groups excluding carboxylic acids is 3. The van der Waals surface area contributed by atoms with Crippen LogP contribution in [0.5, 0.6) is 0 Å². The third-order valence-electron chi connectivity index (χ3n) is 3.66. The predicted molar refractivity (Wildman–Crippen MR) is 87.9 cm³/mol. The van der Waals surface area contributed by atoms with Crippen molar-refractivity contribution in [2.24, 2.45) is 0 Å². The van der Waals surface area contributed by atoms with E-state index >= 15 is 0 Å². The molecule has 8 nitrogen and oxygen atoms in total. The first-order valence-corrected chi connectivity index (χ1v) is 8.11. The van der Waals surface area contributed by atoms with E-state index in [0.717, 1.165) is 19.5 Å². The zero-order valence-corrected chi connectivity index (χ0v) is 14.4. The van der Waals surface area contributed by atoms with E-state index in [0.29, 0.717) is 19.6 Å². The van der Waals surface area contributed by atoms with Crippen LogP contribution in [0.1, 0.15) is 13.3 Å². The second-order valence-electron chi connectivity index (χ2n) is 5.90. The van der Waals surface area contributed by atoms with Crippen LogP contribution in [0.25, 0.3) is 0 Å². The number of rotatable bonds is 8. The van der Waals surface area contributed by atoms with Crippen LogP contribution in [0.2, 0.25) is 0 Å². The van der Waals surface area contributed by atoms with Crippen molar-refractivity contribution >= 4 is 17.7 Å². The number of nitrogens with zero attached hydrogens (tertiary/aromatic N) is 3. The molecule has 0 radical (unpaired) electrons. The highest BCUT2D eigenvalue weighted by molar-refractivity contribution is 5.86. The van der Waals surface area contributed by atoms with Gasteiger partial charge in [-0.15, -0.1) is 0 Å². The maximum absolute atomic E-state index is 12.1. The van der Waals surface area contributed by atoms with Gasteiger partial charge in [-0.25, -0.2) is 0 Å². The van der Waals surface area contributed by atoms with Crippen molar-refractivity contribution in [2.75, 3.05) is 66.5 Å². The van der Waals surface area contributed by atoms with Crippen LogP contribution in [-0.4, -0.2) is 98.9 Å². The summed E-state index contributed by atoms with van der Waals surface area (Å²) in [5, 5.41) is 5.93. The molecule has 0 bridgehead atoms. The van der Waals surface area contributed by atoms with Gasteiger partial charge in [0.1, 0.15) is 0 Å². The summed E-state index contributed by atoms with van der Waals surface area (Å²) >= 11 is 0. The molecule has 0 aromatic rings. The van der Waals surface area contributed by atoms with E-state index in [1.807, 2.05) is 6.92 Å². The molecular weight excluding hydrogens is 298 g/mol. The largest absolute Gasteiger partial charge is 0.355 e. The van der Waals surface area contributed by atoms with Gasteiger partial charge in [-0.3, -0.25) is 19.3 Å². The Labute approximate surface area is 138 Å². The minimum atomic E-state index is -0.174. The van der Waals surface area contributed by atoms with Gasteiger partial charge < -0.3 is 20.4 Å². The molecule has 1 fully saturated rings. The molecule has 1 aliphatic heterocycles. The number of amides is 3. The van der Waals surface area contributed by atoms with Crippen molar-refractivity contribution in [3.05, 3.63) is 0 Å². The van der Waals surface area contributed by atoms with E-state index in [1.165, 1.54) is 4.90 Å². The smallest absolute Gasteiger partial charge is 0.239 e. The van der Waals surface area contributed by atoms with Gasteiger partial charge in [0.15, 0.2) is 0 Å². The summed E-state index contributed by atoms with van der Waals surface area (Å²) in [6.07, 6.45) is 0.861. The fraction of sp³-hybridized carbons (Fsp3) is 0.800. The van der Waals surface area contributed by atoms with E-state index in [-0.39, 0.29) is 37.4 Å². The maximum atomic E-state index is 12.1. The normalized spacial score (nSPS) is 14.7. The molecule has 1 rings (SSSR count). The third-order valence-corrected chi connectivity index (χ3v) is 3.66. The lowest BCUT2D eigenvalue weighted by Crippen LogP contribution is -2.50. The van der Waals surface area contributed by atoms with E-state index < -0.39 is 0 Å². The number of hydrogen-bond donors (Lipinski definition) is 2. The molecule has 132 valence electrons. The number of carbonyl (C=O) groups is 3. The second kappa shape index (κ2) is 10.2. The fourth-order valence-electron chi connectivity index (χ4n) is 2.28. The zero-order valence-electron chi connectivity index (χ0n) is 14.4. The first kappa shape index (κ1) is 19.4. The Balaban J connectivity index is 2.31.